The molecule has 0 aromatic carbocycles. The lowest BCUT2D eigenvalue weighted by atomic mass is 10.1. The summed E-state index contributed by atoms with van der Waals surface area (Å²) in [6.07, 6.45) is 1.21. The van der Waals surface area contributed by atoms with Gasteiger partial charge in [0.1, 0.15) is 5.60 Å². The molecule has 3 nitrogen and oxygen atoms in total. The molecule has 1 saturated carbocycles. The lowest BCUT2D eigenvalue weighted by Gasteiger charge is -2.22. The molecule has 0 atom stereocenters. The van der Waals surface area contributed by atoms with E-state index in [1.165, 1.54) is 0 Å². The monoisotopic (exact) mass is 157 g/mol. The minimum atomic E-state index is -1.03. The molecule has 0 aliphatic heterocycles. The average Bonchev–Trinajstić information content (AvgIpc) is 2.44. The molecule has 1 aliphatic carbocycles. The predicted molar refractivity (Wildman–Crippen MR) is 42.1 cm³/mol. The number of rotatable bonds is 1. The SMILES string of the molecule is CC(C)(C)NC(=O)C1(O)CC1. The van der Waals surface area contributed by atoms with Gasteiger partial charge in [-0.05, 0) is 33.6 Å². The van der Waals surface area contributed by atoms with Gasteiger partial charge in [-0.3, -0.25) is 4.79 Å². The number of aliphatic hydroxyl groups is 1. The number of hydrogen-bond donors (Lipinski definition) is 2. The highest BCUT2D eigenvalue weighted by molar-refractivity contribution is 5.88. The van der Waals surface area contributed by atoms with Crippen LogP contribution in [0.5, 0.6) is 0 Å². The first kappa shape index (κ1) is 8.53. The molecule has 64 valence electrons. The second kappa shape index (κ2) is 2.21. The third kappa shape index (κ3) is 2.19. The standard InChI is InChI=1S/C8H15NO2/c1-7(2,3)9-6(10)8(11)4-5-8/h11H,4-5H2,1-3H3,(H,9,10). The van der Waals surface area contributed by atoms with Gasteiger partial charge in [-0.15, -0.1) is 0 Å². The highest BCUT2D eigenvalue weighted by Gasteiger charge is 2.48. The van der Waals surface area contributed by atoms with Crippen LogP contribution in [0.25, 0.3) is 0 Å². The second-order valence-corrected chi connectivity index (χ2v) is 4.24. The summed E-state index contributed by atoms with van der Waals surface area (Å²) < 4.78 is 0. The van der Waals surface area contributed by atoms with Crippen LogP contribution in [0.1, 0.15) is 33.6 Å². The molecule has 0 heterocycles. The van der Waals surface area contributed by atoms with Gasteiger partial charge in [0.05, 0.1) is 0 Å². The Kier molecular flexibility index (Phi) is 1.71. The van der Waals surface area contributed by atoms with Crippen molar-refractivity contribution in [3.05, 3.63) is 0 Å². The fraction of sp³-hybridized carbons (Fsp3) is 0.875. The highest BCUT2D eigenvalue weighted by atomic mass is 16.3. The molecule has 0 spiro atoms. The van der Waals surface area contributed by atoms with Gasteiger partial charge < -0.3 is 10.4 Å². The maximum absolute atomic E-state index is 11.2. The summed E-state index contributed by atoms with van der Waals surface area (Å²) in [6, 6.07) is 0. The van der Waals surface area contributed by atoms with Crippen LogP contribution in [-0.2, 0) is 4.79 Å². The second-order valence-electron chi connectivity index (χ2n) is 4.24. The molecule has 11 heavy (non-hydrogen) atoms. The summed E-state index contributed by atoms with van der Waals surface area (Å²) >= 11 is 0. The molecule has 0 aromatic rings. The van der Waals surface area contributed by atoms with Crippen molar-refractivity contribution in [1.29, 1.82) is 0 Å². The summed E-state index contributed by atoms with van der Waals surface area (Å²) in [6.45, 7) is 5.70. The maximum Gasteiger partial charge on any atom is 0.252 e. The van der Waals surface area contributed by atoms with E-state index in [4.69, 9.17) is 0 Å². The molecule has 0 unspecified atom stereocenters. The lowest BCUT2D eigenvalue weighted by Crippen LogP contribution is -2.46. The van der Waals surface area contributed by atoms with Crippen molar-refractivity contribution < 1.29 is 9.90 Å². The van der Waals surface area contributed by atoms with E-state index in [2.05, 4.69) is 5.32 Å². The Morgan fingerprint density at radius 3 is 2.18 bits per heavy atom. The average molecular weight is 157 g/mol. The van der Waals surface area contributed by atoms with Gasteiger partial charge in [-0.2, -0.15) is 0 Å². The minimum absolute atomic E-state index is 0.231. The third-order valence-corrected chi connectivity index (χ3v) is 1.63. The van der Waals surface area contributed by atoms with Crippen LogP contribution < -0.4 is 5.32 Å². The number of amides is 1. The van der Waals surface area contributed by atoms with Gasteiger partial charge in [0.15, 0.2) is 0 Å². The van der Waals surface area contributed by atoms with E-state index in [-0.39, 0.29) is 11.4 Å². The number of hydrogen-bond acceptors (Lipinski definition) is 2. The molecule has 0 bridgehead atoms. The molecule has 0 saturated heterocycles. The molecule has 1 aliphatic rings. The van der Waals surface area contributed by atoms with Gasteiger partial charge in [0, 0.05) is 5.54 Å². The van der Waals surface area contributed by atoms with E-state index < -0.39 is 5.60 Å². The molecule has 1 rings (SSSR count). The Balaban J connectivity index is 2.45. The van der Waals surface area contributed by atoms with Crippen molar-refractivity contribution in [2.24, 2.45) is 0 Å². The molecule has 0 radical (unpaired) electrons. The van der Waals surface area contributed by atoms with Gasteiger partial charge >= 0.3 is 0 Å². The van der Waals surface area contributed by atoms with Gasteiger partial charge in [-0.1, -0.05) is 0 Å². The van der Waals surface area contributed by atoms with Crippen molar-refractivity contribution in [3.63, 3.8) is 0 Å². The highest BCUT2D eigenvalue weighted by Crippen LogP contribution is 2.35. The Morgan fingerprint density at radius 2 is 1.91 bits per heavy atom. The molecular weight excluding hydrogens is 142 g/mol. The molecule has 1 amide bonds. The summed E-state index contributed by atoms with van der Waals surface area (Å²) in [5, 5.41) is 12.1. The van der Waals surface area contributed by atoms with E-state index in [1.807, 2.05) is 20.8 Å². The molecule has 3 heteroatoms. The van der Waals surface area contributed by atoms with Crippen molar-refractivity contribution in [1.82, 2.24) is 5.32 Å². The first-order valence-corrected chi connectivity index (χ1v) is 3.88. The molecular formula is C8H15NO2. The van der Waals surface area contributed by atoms with E-state index >= 15 is 0 Å². The fourth-order valence-corrected chi connectivity index (χ4v) is 0.802. The number of nitrogens with one attached hydrogen (secondary N) is 1. The van der Waals surface area contributed by atoms with E-state index in [0.717, 1.165) is 0 Å². The largest absolute Gasteiger partial charge is 0.380 e. The number of carbonyl (C=O) groups is 1. The van der Waals surface area contributed by atoms with Gasteiger partial charge in [-0.25, -0.2) is 0 Å². The Bertz CT molecular complexity index is 177. The minimum Gasteiger partial charge on any atom is -0.380 e. The van der Waals surface area contributed by atoms with Crippen molar-refractivity contribution in [2.75, 3.05) is 0 Å². The zero-order valence-corrected chi connectivity index (χ0v) is 7.27. The van der Waals surface area contributed by atoms with Crippen LogP contribution in [0, 0.1) is 0 Å². The summed E-state index contributed by atoms with van der Waals surface area (Å²) in [5.41, 5.74) is -1.28. The van der Waals surface area contributed by atoms with Gasteiger partial charge in [0.25, 0.3) is 5.91 Å². The first-order valence-electron chi connectivity index (χ1n) is 3.88. The van der Waals surface area contributed by atoms with Crippen molar-refractivity contribution in [3.8, 4) is 0 Å². The smallest absolute Gasteiger partial charge is 0.252 e. The van der Waals surface area contributed by atoms with Crippen LogP contribution in [0.3, 0.4) is 0 Å². The Labute approximate surface area is 66.8 Å². The van der Waals surface area contributed by atoms with Crippen LogP contribution >= 0.6 is 0 Å². The van der Waals surface area contributed by atoms with Crippen LogP contribution in [-0.4, -0.2) is 22.2 Å². The topological polar surface area (TPSA) is 49.3 Å². The fourth-order valence-electron chi connectivity index (χ4n) is 0.802. The molecule has 2 N–H and O–H groups in total. The van der Waals surface area contributed by atoms with E-state index in [0.29, 0.717) is 12.8 Å². The zero-order valence-electron chi connectivity index (χ0n) is 7.27. The summed E-state index contributed by atoms with van der Waals surface area (Å²) in [5.74, 6) is -0.231. The van der Waals surface area contributed by atoms with E-state index in [1.54, 1.807) is 0 Å². The Hall–Kier alpha value is -0.570. The Morgan fingerprint density at radius 1 is 1.45 bits per heavy atom. The lowest BCUT2D eigenvalue weighted by molar-refractivity contribution is -0.132. The van der Waals surface area contributed by atoms with Crippen LogP contribution in [0.15, 0.2) is 0 Å². The zero-order chi connectivity index (χ0) is 8.70. The van der Waals surface area contributed by atoms with E-state index in [9.17, 15) is 9.90 Å². The van der Waals surface area contributed by atoms with Gasteiger partial charge in [0.2, 0.25) is 0 Å². The summed E-state index contributed by atoms with van der Waals surface area (Å²) in [7, 11) is 0. The molecule has 1 fully saturated rings. The maximum atomic E-state index is 11.2. The summed E-state index contributed by atoms with van der Waals surface area (Å²) in [4.78, 5) is 11.2. The molecule has 0 aromatic heterocycles. The normalized spacial score (nSPS) is 21.1. The van der Waals surface area contributed by atoms with Crippen LogP contribution in [0.2, 0.25) is 0 Å². The van der Waals surface area contributed by atoms with Crippen molar-refractivity contribution >= 4 is 5.91 Å². The first-order chi connectivity index (χ1) is 4.83. The predicted octanol–water partition coefficient (Wildman–Crippen LogP) is 0.426. The third-order valence-electron chi connectivity index (χ3n) is 1.63. The van der Waals surface area contributed by atoms with Crippen molar-refractivity contribution in [2.45, 2.75) is 44.8 Å². The number of carbonyl (C=O) groups excluding carboxylic acids is 1. The van der Waals surface area contributed by atoms with Crippen LogP contribution in [0.4, 0.5) is 0 Å². The quantitative estimate of drug-likeness (QED) is 0.579.